The smallest absolute Gasteiger partial charge is 0.240 e. The fourth-order valence-corrected chi connectivity index (χ4v) is 6.67. The van der Waals surface area contributed by atoms with Crippen molar-refractivity contribution in [1.29, 1.82) is 5.26 Å². The van der Waals surface area contributed by atoms with Crippen LogP contribution in [0.25, 0.3) is 10.8 Å². The van der Waals surface area contributed by atoms with Crippen molar-refractivity contribution in [3.8, 4) is 11.9 Å². The van der Waals surface area contributed by atoms with Crippen LogP contribution in [0.3, 0.4) is 0 Å². The molecule has 0 radical (unpaired) electrons. The van der Waals surface area contributed by atoms with Gasteiger partial charge < -0.3 is 14.4 Å². The summed E-state index contributed by atoms with van der Waals surface area (Å²) in [4.78, 5) is 40.2. The normalized spacial score (nSPS) is 27.2. The van der Waals surface area contributed by atoms with Crippen molar-refractivity contribution in [2.45, 2.75) is 51.2 Å². The molecule has 39 heavy (non-hydrogen) atoms. The molecule has 9 heteroatoms. The van der Waals surface area contributed by atoms with Crippen molar-refractivity contribution in [2.24, 2.45) is 11.8 Å². The van der Waals surface area contributed by atoms with Gasteiger partial charge in [-0.1, -0.05) is 24.3 Å². The molecule has 1 aromatic heterocycles. The third kappa shape index (κ3) is 3.62. The zero-order valence-electron chi connectivity index (χ0n) is 22.8. The fraction of sp³-hybridized carbons (Fsp3) is 0.433. The minimum atomic E-state index is -0.788. The number of benzene rings is 2. The molecule has 0 unspecified atom stereocenters. The summed E-state index contributed by atoms with van der Waals surface area (Å²) in [6, 6.07) is 13.0. The minimum absolute atomic E-state index is 0.234. The molecule has 4 heterocycles. The van der Waals surface area contributed by atoms with E-state index in [9.17, 15) is 14.9 Å². The van der Waals surface area contributed by atoms with E-state index in [4.69, 9.17) is 9.47 Å². The zero-order valence-corrected chi connectivity index (χ0v) is 22.8. The van der Waals surface area contributed by atoms with Gasteiger partial charge in [0.05, 0.1) is 47.0 Å². The predicted octanol–water partition coefficient (Wildman–Crippen LogP) is 4.08. The number of amides is 2. The molecule has 0 N–H and O–H groups in total. The van der Waals surface area contributed by atoms with Crippen molar-refractivity contribution in [1.82, 2.24) is 9.97 Å². The maximum absolute atomic E-state index is 14.1. The quantitative estimate of drug-likeness (QED) is 0.443. The van der Waals surface area contributed by atoms with E-state index in [1.807, 2.05) is 64.0 Å². The Kier molecular flexibility index (Phi) is 5.67. The van der Waals surface area contributed by atoms with Gasteiger partial charge in [0.25, 0.3) is 0 Å². The molecular formula is C30H31N5O4. The number of fused-ring (bicyclic) bond motifs is 6. The fourth-order valence-electron chi connectivity index (χ4n) is 6.67. The molecule has 3 aromatic rings. The maximum Gasteiger partial charge on any atom is 0.240 e. The Labute approximate surface area is 227 Å². The third-order valence-electron chi connectivity index (χ3n) is 8.77. The molecule has 0 saturated carbocycles. The van der Waals surface area contributed by atoms with E-state index in [0.717, 1.165) is 16.6 Å². The number of rotatable bonds is 6. The number of aryl methyl sites for hydroxylation is 1. The first-order valence-electron chi connectivity index (χ1n) is 13.3. The van der Waals surface area contributed by atoms with Gasteiger partial charge in [-0.2, -0.15) is 10.2 Å². The summed E-state index contributed by atoms with van der Waals surface area (Å²) in [5, 5.41) is 11.0. The molecule has 3 aliphatic heterocycles. The van der Waals surface area contributed by atoms with Crippen molar-refractivity contribution in [3.63, 3.8) is 0 Å². The van der Waals surface area contributed by atoms with E-state index in [2.05, 4.69) is 16.0 Å². The van der Waals surface area contributed by atoms with E-state index >= 15 is 0 Å². The van der Waals surface area contributed by atoms with Gasteiger partial charge in [-0.05, 0) is 45.7 Å². The second kappa shape index (κ2) is 8.75. The second-order valence-electron chi connectivity index (χ2n) is 11.3. The number of imide groups is 1. The Balaban J connectivity index is 1.31. The van der Waals surface area contributed by atoms with Crippen molar-refractivity contribution >= 4 is 34.2 Å². The number of nitrogens with zero attached hydrogens (tertiary/aromatic N) is 5. The van der Waals surface area contributed by atoms with Crippen LogP contribution in [0.1, 0.15) is 43.0 Å². The standard InChI is InChI=1S/C30H31N5O4/c1-17-18(2)32-28(34(4)5)33-25(17)38-15-14-30-13-12-29(3,39-30)23-24(30)27(37)35(26(23)36)22-11-10-19(16-31)20-8-6-7-9-21(20)22/h6-11,23-24H,12-15H2,1-5H3/t23-,24+,29-,30-/m0/s1. The Morgan fingerprint density at radius 2 is 1.79 bits per heavy atom. The van der Waals surface area contributed by atoms with Crippen molar-refractivity contribution in [3.05, 3.63) is 53.2 Å². The first-order chi connectivity index (χ1) is 18.6. The average molecular weight is 526 g/mol. The maximum atomic E-state index is 14.1. The van der Waals surface area contributed by atoms with Crippen LogP contribution in [0.4, 0.5) is 11.6 Å². The Bertz CT molecular complexity index is 1580. The van der Waals surface area contributed by atoms with Gasteiger partial charge in [0.1, 0.15) is 0 Å². The number of nitriles is 1. The number of hydrogen-bond donors (Lipinski definition) is 0. The lowest BCUT2D eigenvalue weighted by molar-refractivity contribution is -0.131. The third-order valence-corrected chi connectivity index (χ3v) is 8.77. The molecule has 9 nitrogen and oxygen atoms in total. The first-order valence-corrected chi connectivity index (χ1v) is 13.3. The van der Waals surface area contributed by atoms with Crippen LogP contribution in [0, 0.1) is 37.0 Å². The first kappa shape index (κ1) is 25.3. The molecular weight excluding hydrogens is 494 g/mol. The van der Waals surface area contributed by atoms with Crippen molar-refractivity contribution in [2.75, 3.05) is 30.5 Å². The summed E-state index contributed by atoms with van der Waals surface area (Å²) in [6.07, 6.45) is 1.84. The highest BCUT2D eigenvalue weighted by Gasteiger charge is 2.73. The molecule has 200 valence electrons. The summed E-state index contributed by atoms with van der Waals surface area (Å²) in [7, 11) is 3.76. The van der Waals surface area contributed by atoms with Gasteiger partial charge >= 0.3 is 0 Å². The number of anilines is 2. The van der Waals surface area contributed by atoms with E-state index < -0.39 is 23.0 Å². The molecule has 3 aliphatic rings. The van der Waals surface area contributed by atoms with Crippen LogP contribution >= 0.6 is 0 Å². The summed E-state index contributed by atoms with van der Waals surface area (Å²) in [6.45, 7) is 6.10. The molecule has 0 aliphatic carbocycles. The van der Waals surface area contributed by atoms with E-state index in [0.29, 0.717) is 54.3 Å². The van der Waals surface area contributed by atoms with Gasteiger partial charge in [0, 0.05) is 42.5 Å². The lowest BCUT2D eigenvalue weighted by Crippen LogP contribution is -2.43. The van der Waals surface area contributed by atoms with Crippen molar-refractivity contribution < 1.29 is 19.1 Å². The predicted molar refractivity (Wildman–Crippen MR) is 146 cm³/mol. The Hall–Kier alpha value is -4.03. The summed E-state index contributed by atoms with van der Waals surface area (Å²) in [5.41, 5.74) is 1.23. The number of carbonyl (C=O) groups excluding carboxylic acids is 2. The lowest BCUT2D eigenvalue weighted by Gasteiger charge is -2.31. The summed E-state index contributed by atoms with van der Waals surface area (Å²) in [5.74, 6) is -0.546. The van der Waals surface area contributed by atoms with Crippen LogP contribution in [0.2, 0.25) is 0 Å². The highest BCUT2D eigenvalue weighted by molar-refractivity contribution is 6.26. The molecule has 2 amide bonds. The highest BCUT2D eigenvalue weighted by Crippen LogP contribution is 2.62. The van der Waals surface area contributed by atoms with Crippen LogP contribution in [0.15, 0.2) is 36.4 Å². The number of hydrogen-bond acceptors (Lipinski definition) is 8. The number of aromatic nitrogens is 2. The molecule has 3 fully saturated rings. The minimum Gasteiger partial charge on any atom is -0.477 e. The summed E-state index contributed by atoms with van der Waals surface area (Å²) >= 11 is 0. The molecule has 4 atom stereocenters. The van der Waals surface area contributed by atoms with Crippen LogP contribution in [-0.2, 0) is 14.3 Å². The molecule has 2 aromatic carbocycles. The number of carbonyl (C=O) groups is 2. The second-order valence-corrected chi connectivity index (χ2v) is 11.3. The van der Waals surface area contributed by atoms with Gasteiger partial charge in [-0.3, -0.25) is 9.59 Å². The zero-order chi connectivity index (χ0) is 27.7. The number of ether oxygens (including phenoxy) is 2. The molecule has 3 saturated heterocycles. The van der Waals surface area contributed by atoms with Gasteiger partial charge in [0.15, 0.2) is 0 Å². The molecule has 0 spiro atoms. The lowest BCUT2D eigenvalue weighted by atomic mass is 9.67. The molecule has 6 rings (SSSR count). The van der Waals surface area contributed by atoms with Gasteiger partial charge in [-0.25, -0.2) is 9.88 Å². The largest absolute Gasteiger partial charge is 0.477 e. The monoisotopic (exact) mass is 525 g/mol. The molecule has 2 bridgehead atoms. The topological polar surface area (TPSA) is 109 Å². The van der Waals surface area contributed by atoms with Crippen LogP contribution in [-0.4, -0.2) is 53.7 Å². The SMILES string of the molecule is Cc1nc(N(C)C)nc(OCC[C@]23CC[C@](C)(O2)[C@@H]2C(=O)N(c4ccc(C#N)c5ccccc45)C(=O)[C@@H]23)c1C. The Morgan fingerprint density at radius 3 is 2.51 bits per heavy atom. The van der Waals surface area contributed by atoms with Crippen LogP contribution in [0.5, 0.6) is 5.88 Å². The van der Waals surface area contributed by atoms with Crippen LogP contribution < -0.4 is 14.5 Å². The highest BCUT2D eigenvalue weighted by atomic mass is 16.5. The van der Waals surface area contributed by atoms with Gasteiger partial charge in [-0.15, -0.1) is 0 Å². The van der Waals surface area contributed by atoms with E-state index in [-0.39, 0.29) is 11.8 Å². The average Bonchev–Trinajstić information content (AvgIpc) is 3.50. The Morgan fingerprint density at radius 1 is 1.08 bits per heavy atom. The van der Waals surface area contributed by atoms with E-state index in [1.165, 1.54) is 4.90 Å². The van der Waals surface area contributed by atoms with E-state index in [1.54, 1.807) is 12.1 Å². The summed E-state index contributed by atoms with van der Waals surface area (Å²) < 4.78 is 12.7. The van der Waals surface area contributed by atoms with Gasteiger partial charge in [0.2, 0.25) is 23.6 Å².